The van der Waals surface area contributed by atoms with E-state index in [1.54, 1.807) is 0 Å². The van der Waals surface area contributed by atoms with Crippen LogP contribution in [0.15, 0.2) is 0 Å². The van der Waals surface area contributed by atoms with Crippen LogP contribution in [0.1, 0.15) is 42.7 Å². The molecule has 1 saturated heterocycles. The predicted molar refractivity (Wildman–Crippen MR) is 73.0 cm³/mol. The van der Waals surface area contributed by atoms with Gasteiger partial charge in [-0.15, -0.1) is 0 Å². The van der Waals surface area contributed by atoms with Crippen molar-refractivity contribution in [2.45, 2.75) is 46.4 Å². The molecule has 0 aromatic carbocycles. The molecular weight excluding hydrogens is 242 g/mol. The van der Waals surface area contributed by atoms with Crippen molar-refractivity contribution in [3.05, 3.63) is 22.8 Å². The van der Waals surface area contributed by atoms with Crippen LogP contribution in [0.3, 0.4) is 0 Å². The lowest BCUT2D eigenvalue weighted by Gasteiger charge is -2.23. The van der Waals surface area contributed by atoms with Gasteiger partial charge in [0, 0.05) is 29.5 Å². The monoisotopic (exact) mass is 265 g/mol. The summed E-state index contributed by atoms with van der Waals surface area (Å²) in [5.74, 6) is 0.739. The van der Waals surface area contributed by atoms with Crippen molar-refractivity contribution in [1.82, 2.24) is 15.3 Å². The van der Waals surface area contributed by atoms with Gasteiger partial charge in [0.1, 0.15) is 6.10 Å². The quantitative estimate of drug-likeness (QED) is 0.897. The van der Waals surface area contributed by atoms with E-state index in [9.17, 15) is 0 Å². The molecule has 1 N–H and O–H groups in total. The summed E-state index contributed by atoms with van der Waals surface area (Å²) in [5, 5.41) is 3.41. The summed E-state index contributed by atoms with van der Waals surface area (Å²) < 4.78 is 11.1. The minimum atomic E-state index is -0.127. The first-order valence-corrected chi connectivity index (χ1v) is 6.84. The Hall–Kier alpha value is -1.04. The standard InChI is InChI=1S/C14H23N3O2/c1-9(2)15-7-12-10(3)16-14(17-11(12)4)13-8-18-5-6-19-13/h9,13,15H,5-8H2,1-4H3. The molecule has 1 atom stereocenters. The maximum absolute atomic E-state index is 5.65. The Morgan fingerprint density at radius 1 is 1.21 bits per heavy atom. The molecule has 0 bridgehead atoms. The largest absolute Gasteiger partial charge is 0.376 e. The molecule has 0 aliphatic carbocycles. The minimum absolute atomic E-state index is 0.127. The Balaban J connectivity index is 2.15. The number of ether oxygens (including phenoxy) is 2. The van der Waals surface area contributed by atoms with Crippen LogP contribution in [0.4, 0.5) is 0 Å². The molecule has 5 heteroatoms. The van der Waals surface area contributed by atoms with Crippen LogP contribution in [0.5, 0.6) is 0 Å². The van der Waals surface area contributed by atoms with Gasteiger partial charge in [-0.1, -0.05) is 13.8 Å². The van der Waals surface area contributed by atoms with E-state index >= 15 is 0 Å². The van der Waals surface area contributed by atoms with Gasteiger partial charge in [-0.25, -0.2) is 9.97 Å². The number of nitrogens with zero attached hydrogens (tertiary/aromatic N) is 2. The maximum atomic E-state index is 5.65. The maximum Gasteiger partial charge on any atom is 0.160 e. The van der Waals surface area contributed by atoms with Gasteiger partial charge in [-0.05, 0) is 13.8 Å². The molecule has 1 aromatic heterocycles. The predicted octanol–water partition coefficient (Wildman–Crippen LogP) is 1.68. The molecule has 1 unspecified atom stereocenters. The highest BCUT2D eigenvalue weighted by atomic mass is 16.6. The Labute approximate surface area is 114 Å². The summed E-state index contributed by atoms with van der Waals surface area (Å²) in [6.07, 6.45) is -0.127. The van der Waals surface area contributed by atoms with Crippen molar-refractivity contribution in [3.8, 4) is 0 Å². The zero-order chi connectivity index (χ0) is 13.8. The number of nitrogens with one attached hydrogen (secondary N) is 1. The molecule has 106 valence electrons. The highest BCUT2D eigenvalue weighted by Crippen LogP contribution is 2.20. The summed E-state index contributed by atoms with van der Waals surface area (Å²) in [4.78, 5) is 9.16. The smallest absolute Gasteiger partial charge is 0.160 e. The first kappa shape index (κ1) is 14.4. The van der Waals surface area contributed by atoms with E-state index in [-0.39, 0.29) is 6.10 Å². The van der Waals surface area contributed by atoms with Crippen LogP contribution in [0, 0.1) is 13.8 Å². The van der Waals surface area contributed by atoms with Crippen LogP contribution in [0.2, 0.25) is 0 Å². The lowest BCUT2D eigenvalue weighted by Crippen LogP contribution is -2.26. The summed E-state index contributed by atoms with van der Waals surface area (Å²) in [7, 11) is 0. The minimum Gasteiger partial charge on any atom is -0.376 e. The van der Waals surface area contributed by atoms with Crippen LogP contribution >= 0.6 is 0 Å². The van der Waals surface area contributed by atoms with E-state index in [1.807, 2.05) is 13.8 Å². The summed E-state index contributed by atoms with van der Waals surface area (Å²) in [5.41, 5.74) is 3.21. The molecule has 2 heterocycles. The average Bonchev–Trinajstić information content (AvgIpc) is 2.38. The molecule has 2 rings (SSSR count). The summed E-state index contributed by atoms with van der Waals surface area (Å²) in [6, 6.07) is 0.452. The Bertz CT molecular complexity index is 406. The van der Waals surface area contributed by atoms with E-state index in [4.69, 9.17) is 9.47 Å². The first-order chi connectivity index (χ1) is 9.08. The Morgan fingerprint density at radius 3 is 2.42 bits per heavy atom. The molecular formula is C14H23N3O2. The van der Waals surface area contributed by atoms with E-state index < -0.39 is 0 Å². The highest BCUT2D eigenvalue weighted by molar-refractivity contribution is 5.24. The van der Waals surface area contributed by atoms with Crippen molar-refractivity contribution < 1.29 is 9.47 Å². The van der Waals surface area contributed by atoms with Crippen molar-refractivity contribution in [2.24, 2.45) is 0 Å². The molecule has 1 aromatic rings. The Morgan fingerprint density at radius 2 is 1.89 bits per heavy atom. The molecule has 1 fully saturated rings. The first-order valence-electron chi connectivity index (χ1n) is 6.84. The van der Waals surface area contributed by atoms with Crippen LogP contribution in [0.25, 0.3) is 0 Å². The van der Waals surface area contributed by atoms with Crippen molar-refractivity contribution in [3.63, 3.8) is 0 Å². The Kier molecular flexibility index (Phi) is 4.85. The fourth-order valence-corrected chi connectivity index (χ4v) is 2.11. The van der Waals surface area contributed by atoms with Crippen molar-refractivity contribution in [1.29, 1.82) is 0 Å². The van der Waals surface area contributed by atoms with Gasteiger partial charge in [0.15, 0.2) is 5.82 Å². The molecule has 1 aliphatic rings. The van der Waals surface area contributed by atoms with E-state index in [1.165, 1.54) is 5.56 Å². The van der Waals surface area contributed by atoms with E-state index in [2.05, 4.69) is 29.1 Å². The van der Waals surface area contributed by atoms with Crippen molar-refractivity contribution in [2.75, 3.05) is 19.8 Å². The molecule has 5 nitrogen and oxygen atoms in total. The second-order valence-corrected chi connectivity index (χ2v) is 5.20. The van der Waals surface area contributed by atoms with Crippen molar-refractivity contribution >= 4 is 0 Å². The van der Waals surface area contributed by atoms with Gasteiger partial charge in [0.05, 0.1) is 19.8 Å². The lowest BCUT2D eigenvalue weighted by atomic mass is 10.1. The van der Waals surface area contributed by atoms with Crippen LogP contribution in [-0.2, 0) is 16.0 Å². The van der Waals surface area contributed by atoms with Gasteiger partial charge < -0.3 is 14.8 Å². The number of hydrogen-bond acceptors (Lipinski definition) is 5. The van der Waals surface area contributed by atoms with Crippen LogP contribution in [-0.4, -0.2) is 35.8 Å². The fraction of sp³-hybridized carbons (Fsp3) is 0.714. The van der Waals surface area contributed by atoms with Gasteiger partial charge in [0.2, 0.25) is 0 Å². The van der Waals surface area contributed by atoms with Crippen LogP contribution < -0.4 is 5.32 Å². The third-order valence-corrected chi connectivity index (χ3v) is 3.23. The molecule has 0 saturated carbocycles. The molecule has 0 amide bonds. The summed E-state index contributed by atoms with van der Waals surface area (Å²) >= 11 is 0. The summed E-state index contributed by atoms with van der Waals surface area (Å²) in [6.45, 7) is 10.9. The average molecular weight is 265 g/mol. The normalized spacial score (nSPS) is 19.9. The van der Waals surface area contributed by atoms with Gasteiger partial charge in [-0.2, -0.15) is 0 Å². The fourth-order valence-electron chi connectivity index (χ4n) is 2.11. The van der Waals surface area contributed by atoms with Gasteiger partial charge in [0.25, 0.3) is 0 Å². The number of aryl methyl sites for hydroxylation is 2. The number of rotatable bonds is 4. The zero-order valence-electron chi connectivity index (χ0n) is 12.2. The third-order valence-electron chi connectivity index (χ3n) is 3.23. The molecule has 0 spiro atoms. The second-order valence-electron chi connectivity index (χ2n) is 5.20. The zero-order valence-corrected chi connectivity index (χ0v) is 12.2. The molecule has 0 radical (unpaired) electrons. The second kappa shape index (κ2) is 6.41. The molecule has 19 heavy (non-hydrogen) atoms. The number of hydrogen-bond donors (Lipinski definition) is 1. The lowest BCUT2D eigenvalue weighted by molar-refractivity contribution is -0.0936. The third kappa shape index (κ3) is 3.72. The van der Waals surface area contributed by atoms with Gasteiger partial charge >= 0.3 is 0 Å². The highest BCUT2D eigenvalue weighted by Gasteiger charge is 2.21. The van der Waals surface area contributed by atoms with E-state index in [0.29, 0.717) is 25.9 Å². The topological polar surface area (TPSA) is 56.3 Å². The van der Waals surface area contributed by atoms with E-state index in [0.717, 1.165) is 23.8 Å². The SMILES string of the molecule is Cc1nc(C2COCCO2)nc(C)c1CNC(C)C. The number of aromatic nitrogens is 2. The van der Waals surface area contributed by atoms with Gasteiger partial charge in [-0.3, -0.25) is 0 Å². The molecule has 1 aliphatic heterocycles.